The van der Waals surface area contributed by atoms with Crippen molar-refractivity contribution in [3.8, 4) is 0 Å². The molecule has 0 radical (unpaired) electrons. The van der Waals surface area contributed by atoms with Crippen molar-refractivity contribution in [2.45, 2.75) is 43.9 Å². The van der Waals surface area contributed by atoms with E-state index in [1.807, 2.05) is 30.3 Å². The third kappa shape index (κ3) is 3.32. The highest BCUT2D eigenvalue weighted by Gasteiger charge is 2.38. The van der Waals surface area contributed by atoms with Crippen LogP contribution in [0.2, 0.25) is 19.1 Å². The maximum atomic E-state index is 10.4. The average Bonchev–Trinajstić information content (AvgIpc) is 2.89. The van der Waals surface area contributed by atoms with E-state index in [2.05, 4.69) is 43.4 Å². The van der Waals surface area contributed by atoms with Gasteiger partial charge >= 0.3 is 0 Å². The zero-order chi connectivity index (χ0) is 15.6. The smallest absolute Gasteiger partial charge is 0.109 e. The summed E-state index contributed by atoms with van der Waals surface area (Å²) in [6.45, 7) is 4.77. The second-order valence-corrected chi connectivity index (χ2v) is 11.6. The zero-order valence-corrected chi connectivity index (χ0v) is 14.3. The van der Waals surface area contributed by atoms with Crippen molar-refractivity contribution >= 4 is 13.3 Å². The van der Waals surface area contributed by atoms with Crippen molar-refractivity contribution in [2.75, 3.05) is 0 Å². The van der Waals surface area contributed by atoms with Gasteiger partial charge in [-0.05, 0) is 11.6 Å². The first kappa shape index (κ1) is 15.5. The number of aliphatic hydroxyl groups is 1. The summed E-state index contributed by atoms with van der Waals surface area (Å²) in [5.41, 5.74) is 1.08. The van der Waals surface area contributed by atoms with Crippen molar-refractivity contribution in [1.82, 2.24) is 0 Å². The Hall–Kier alpha value is -1.42. The van der Waals surface area contributed by atoms with Crippen LogP contribution in [0.5, 0.6) is 0 Å². The van der Waals surface area contributed by atoms with Crippen molar-refractivity contribution in [3.63, 3.8) is 0 Å². The fraction of sp³-hybridized carbons (Fsp3) is 0.368. The molecular formula is C19H24O2Si. The van der Waals surface area contributed by atoms with Crippen LogP contribution < -0.4 is 5.19 Å². The quantitative estimate of drug-likeness (QED) is 0.876. The summed E-state index contributed by atoms with van der Waals surface area (Å²) in [6, 6.07) is 21.9. The summed E-state index contributed by atoms with van der Waals surface area (Å²) >= 11 is 0. The van der Waals surface area contributed by atoms with Gasteiger partial charge in [0.2, 0.25) is 0 Å². The van der Waals surface area contributed by atoms with Crippen LogP contribution in [0.3, 0.4) is 0 Å². The fourth-order valence-corrected chi connectivity index (χ4v) is 6.13. The first-order valence-corrected chi connectivity index (χ1v) is 11.2. The molecule has 0 bridgehead atoms. The van der Waals surface area contributed by atoms with Gasteiger partial charge < -0.3 is 9.84 Å². The number of rotatable bonds is 4. The fourth-order valence-electron chi connectivity index (χ4n) is 3.40. The van der Waals surface area contributed by atoms with E-state index in [0.717, 1.165) is 18.0 Å². The predicted octanol–water partition coefficient (Wildman–Crippen LogP) is 3.49. The van der Waals surface area contributed by atoms with Crippen molar-refractivity contribution in [3.05, 3.63) is 66.2 Å². The van der Waals surface area contributed by atoms with Gasteiger partial charge in [0.05, 0.1) is 20.3 Å². The lowest BCUT2D eigenvalue weighted by molar-refractivity contribution is 0.0148. The molecule has 0 aromatic heterocycles. The standard InChI is InChI=1S/C19H24O2Si/c1-22(2,17-11-7-4-8-12-17)14-16-13-18(20)19(21-16)15-9-5-3-6-10-15/h3-12,16,18-20H,13-14H2,1-2H3/t16-,18-,19+/m1/s1. The molecule has 1 heterocycles. The Balaban J connectivity index is 1.70. The van der Waals surface area contributed by atoms with Gasteiger partial charge in [-0.1, -0.05) is 78.9 Å². The molecule has 0 unspecified atom stereocenters. The Bertz CT molecular complexity index is 597. The molecule has 22 heavy (non-hydrogen) atoms. The van der Waals surface area contributed by atoms with Crippen LogP contribution in [-0.4, -0.2) is 25.4 Å². The van der Waals surface area contributed by atoms with Crippen LogP contribution in [0.1, 0.15) is 18.1 Å². The highest BCUT2D eigenvalue weighted by Crippen LogP contribution is 2.36. The topological polar surface area (TPSA) is 29.5 Å². The number of ether oxygens (including phenoxy) is 1. The maximum absolute atomic E-state index is 10.4. The van der Waals surface area contributed by atoms with Crippen LogP contribution in [0.25, 0.3) is 0 Å². The molecular weight excluding hydrogens is 288 g/mol. The second kappa shape index (κ2) is 6.37. The van der Waals surface area contributed by atoms with E-state index in [-0.39, 0.29) is 12.2 Å². The average molecular weight is 312 g/mol. The summed E-state index contributed by atoms with van der Waals surface area (Å²) < 4.78 is 6.20. The summed E-state index contributed by atoms with van der Waals surface area (Å²) in [5, 5.41) is 11.8. The number of hydrogen-bond donors (Lipinski definition) is 1. The van der Waals surface area contributed by atoms with Gasteiger partial charge in [0, 0.05) is 6.42 Å². The van der Waals surface area contributed by atoms with Crippen molar-refractivity contribution < 1.29 is 9.84 Å². The van der Waals surface area contributed by atoms with E-state index in [4.69, 9.17) is 4.74 Å². The van der Waals surface area contributed by atoms with Crippen LogP contribution in [-0.2, 0) is 4.74 Å². The molecule has 0 amide bonds. The largest absolute Gasteiger partial charge is 0.390 e. The molecule has 2 nitrogen and oxygen atoms in total. The summed E-state index contributed by atoms with van der Waals surface area (Å²) in [6.07, 6.45) is 0.324. The van der Waals surface area contributed by atoms with E-state index in [1.165, 1.54) is 5.19 Å². The minimum absolute atomic E-state index is 0.155. The van der Waals surface area contributed by atoms with E-state index in [1.54, 1.807) is 0 Å². The first-order chi connectivity index (χ1) is 10.6. The summed E-state index contributed by atoms with van der Waals surface area (Å²) in [7, 11) is -1.54. The highest BCUT2D eigenvalue weighted by molar-refractivity contribution is 6.89. The Labute approximate surface area is 133 Å². The monoisotopic (exact) mass is 312 g/mol. The van der Waals surface area contributed by atoms with Gasteiger partial charge in [-0.15, -0.1) is 0 Å². The van der Waals surface area contributed by atoms with Crippen molar-refractivity contribution in [1.29, 1.82) is 0 Å². The molecule has 1 saturated heterocycles. The van der Waals surface area contributed by atoms with Crippen LogP contribution in [0, 0.1) is 0 Å². The molecule has 1 aliphatic heterocycles. The maximum Gasteiger partial charge on any atom is 0.109 e. The van der Waals surface area contributed by atoms with Gasteiger partial charge in [0.1, 0.15) is 6.10 Å². The molecule has 1 aliphatic rings. The number of aliphatic hydroxyl groups excluding tert-OH is 1. The summed E-state index contributed by atoms with van der Waals surface area (Å²) in [5.74, 6) is 0. The van der Waals surface area contributed by atoms with Gasteiger partial charge in [0.15, 0.2) is 0 Å². The second-order valence-electron chi connectivity index (χ2n) is 6.85. The Morgan fingerprint density at radius 3 is 2.23 bits per heavy atom. The first-order valence-electron chi connectivity index (χ1n) is 8.00. The van der Waals surface area contributed by atoms with Gasteiger partial charge in [-0.25, -0.2) is 0 Å². The van der Waals surface area contributed by atoms with Gasteiger partial charge in [-0.3, -0.25) is 0 Å². The Kier molecular flexibility index (Phi) is 4.48. The molecule has 3 atom stereocenters. The predicted molar refractivity (Wildman–Crippen MR) is 93.0 cm³/mol. The third-order valence-electron chi connectivity index (χ3n) is 4.61. The van der Waals surface area contributed by atoms with E-state index < -0.39 is 14.2 Å². The number of hydrogen-bond acceptors (Lipinski definition) is 2. The zero-order valence-electron chi connectivity index (χ0n) is 13.3. The molecule has 116 valence electrons. The van der Waals surface area contributed by atoms with Crippen LogP contribution in [0.4, 0.5) is 0 Å². The summed E-state index contributed by atoms with van der Waals surface area (Å²) in [4.78, 5) is 0. The SMILES string of the molecule is C[Si](C)(C[C@H]1C[C@@H](O)[C@H](c2ccccc2)O1)c1ccccc1. The normalized spacial score (nSPS) is 25.3. The minimum atomic E-state index is -1.54. The molecule has 0 saturated carbocycles. The molecule has 2 aromatic rings. The third-order valence-corrected chi connectivity index (χ3v) is 7.99. The molecule has 1 fully saturated rings. The molecule has 0 spiro atoms. The number of benzene rings is 2. The lowest BCUT2D eigenvalue weighted by atomic mass is 10.0. The van der Waals surface area contributed by atoms with E-state index in [0.29, 0.717) is 0 Å². The lowest BCUT2D eigenvalue weighted by Crippen LogP contribution is -2.43. The molecule has 0 aliphatic carbocycles. The van der Waals surface area contributed by atoms with Gasteiger partial charge in [0.25, 0.3) is 0 Å². The lowest BCUT2D eigenvalue weighted by Gasteiger charge is -2.26. The molecule has 2 aromatic carbocycles. The molecule has 3 heteroatoms. The van der Waals surface area contributed by atoms with Gasteiger partial charge in [-0.2, -0.15) is 0 Å². The van der Waals surface area contributed by atoms with Crippen LogP contribution in [0.15, 0.2) is 60.7 Å². The Morgan fingerprint density at radius 2 is 1.59 bits per heavy atom. The molecule has 3 rings (SSSR count). The minimum Gasteiger partial charge on any atom is -0.390 e. The van der Waals surface area contributed by atoms with Crippen molar-refractivity contribution in [2.24, 2.45) is 0 Å². The van der Waals surface area contributed by atoms with E-state index in [9.17, 15) is 5.11 Å². The Morgan fingerprint density at radius 1 is 1.00 bits per heavy atom. The van der Waals surface area contributed by atoms with E-state index >= 15 is 0 Å². The van der Waals surface area contributed by atoms with Crippen LogP contribution >= 0.6 is 0 Å². The highest BCUT2D eigenvalue weighted by atomic mass is 28.3. The molecule has 1 N–H and O–H groups in total.